The lowest BCUT2D eigenvalue weighted by Gasteiger charge is -2.17. The first-order valence-corrected chi connectivity index (χ1v) is 5.29. The number of benzene rings is 1. The van der Waals surface area contributed by atoms with Crippen LogP contribution in [0.1, 0.15) is 37.4 Å². The summed E-state index contributed by atoms with van der Waals surface area (Å²) >= 11 is 0. The van der Waals surface area contributed by atoms with Gasteiger partial charge in [-0.3, -0.25) is 0 Å². The predicted molar refractivity (Wildman–Crippen MR) is 57.8 cm³/mol. The zero-order chi connectivity index (χ0) is 11.4. The van der Waals surface area contributed by atoms with Gasteiger partial charge in [0, 0.05) is 11.6 Å². The van der Waals surface area contributed by atoms with Crippen molar-refractivity contribution in [3.63, 3.8) is 0 Å². The summed E-state index contributed by atoms with van der Waals surface area (Å²) in [7, 11) is 0. The summed E-state index contributed by atoms with van der Waals surface area (Å²) in [6.07, 6.45) is 0.743. The lowest BCUT2D eigenvalue weighted by Crippen LogP contribution is -2.21. The van der Waals surface area contributed by atoms with Crippen molar-refractivity contribution in [2.45, 2.75) is 33.2 Å². The summed E-state index contributed by atoms with van der Waals surface area (Å²) in [5, 5.41) is 3.13. The van der Waals surface area contributed by atoms with Crippen molar-refractivity contribution < 1.29 is 8.78 Å². The zero-order valence-electron chi connectivity index (χ0n) is 9.40. The third-order valence-electron chi connectivity index (χ3n) is 2.51. The Morgan fingerprint density at radius 1 is 1.20 bits per heavy atom. The van der Waals surface area contributed by atoms with Gasteiger partial charge in [0.25, 0.3) is 0 Å². The number of hydrogen-bond donors (Lipinski definition) is 1. The first-order valence-electron chi connectivity index (χ1n) is 5.29. The Morgan fingerprint density at radius 2 is 1.87 bits per heavy atom. The van der Waals surface area contributed by atoms with Gasteiger partial charge in [-0.1, -0.05) is 13.8 Å². The Morgan fingerprint density at radius 3 is 2.40 bits per heavy atom. The Bertz CT molecular complexity index is 337. The number of nitrogens with one attached hydrogen (secondary N) is 1. The van der Waals surface area contributed by atoms with Gasteiger partial charge in [-0.25, -0.2) is 8.78 Å². The summed E-state index contributed by atoms with van der Waals surface area (Å²) in [4.78, 5) is 0. The highest BCUT2D eigenvalue weighted by molar-refractivity contribution is 5.27. The second kappa shape index (κ2) is 5.21. The van der Waals surface area contributed by atoms with Gasteiger partial charge in [-0.05, 0) is 37.6 Å². The third kappa shape index (κ3) is 2.75. The van der Waals surface area contributed by atoms with Crippen molar-refractivity contribution in [2.75, 3.05) is 6.54 Å². The minimum atomic E-state index is -0.345. The molecule has 15 heavy (non-hydrogen) atoms. The Balaban J connectivity index is 3.06. The number of rotatable bonds is 4. The molecule has 0 saturated carbocycles. The second-order valence-electron chi connectivity index (χ2n) is 3.64. The molecule has 1 unspecified atom stereocenters. The molecular weight excluding hydrogens is 196 g/mol. The average molecular weight is 213 g/mol. The molecular formula is C12H17F2N. The number of aryl methyl sites for hydroxylation is 1. The van der Waals surface area contributed by atoms with Gasteiger partial charge in [-0.15, -0.1) is 0 Å². The number of halogens is 2. The molecule has 1 rings (SSSR count). The molecule has 0 amide bonds. The summed E-state index contributed by atoms with van der Waals surface area (Å²) in [5.74, 6) is -0.676. The molecule has 84 valence electrons. The molecule has 0 aliphatic carbocycles. The van der Waals surface area contributed by atoms with E-state index < -0.39 is 0 Å². The van der Waals surface area contributed by atoms with E-state index in [4.69, 9.17) is 0 Å². The first kappa shape index (κ1) is 12.1. The van der Waals surface area contributed by atoms with Crippen molar-refractivity contribution in [1.29, 1.82) is 0 Å². The van der Waals surface area contributed by atoms with Crippen molar-refractivity contribution in [1.82, 2.24) is 5.32 Å². The van der Waals surface area contributed by atoms with Crippen molar-refractivity contribution >= 4 is 0 Å². The fraction of sp³-hybridized carbons (Fsp3) is 0.500. The molecule has 1 atom stereocenters. The van der Waals surface area contributed by atoms with E-state index in [1.807, 2.05) is 13.8 Å². The summed E-state index contributed by atoms with van der Waals surface area (Å²) < 4.78 is 26.9. The molecule has 0 heterocycles. The SMILES string of the molecule is CCNC(CC)c1cc(F)c(C)cc1F. The highest BCUT2D eigenvalue weighted by atomic mass is 19.1. The normalized spacial score (nSPS) is 12.9. The summed E-state index contributed by atoms with van der Waals surface area (Å²) in [6, 6.07) is 2.44. The van der Waals surface area contributed by atoms with Crippen LogP contribution in [0.5, 0.6) is 0 Å². The molecule has 1 aromatic carbocycles. The van der Waals surface area contributed by atoms with Crippen LogP contribution in [0, 0.1) is 18.6 Å². The van der Waals surface area contributed by atoms with Crippen LogP contribution in [0.3, 0.4) is 0 Å². The van der Waals surface area contributed by atoms with Crippen molar-refractivity contribution in [3.05, 3.63) is 34.9 Å². The topological polar surface area (TPSA) is 12.0 Å². The van der Waals surface area contributed by atoms with E-state index in [1.54, 1.807) is 6.92 Å². The maximum atomic E-state index is 13.6. The molecule has 1 N–H and O–H groups in total. The van der Waals surface area contributed by atoms with Crippen LogP contribution in [0.25, 0.3) is 0 Å². The van der Waals surface area contributed by atoms with Crippen LogP contribution in [0.15, 0.2) is 12.1 Å². The van der Waals surface area contributed by atoms with Crippen LogP contribution < -0.4 is 5.32 Å². The van der Waals surface area contributed by atoms with Gasteiger partial charge < -0.3 is 5.32 Å². The van der Waals surface area contributed by atoms with Crippen LogP contribution in [-0.2, 0) is 0 Å². The fourth-order valence-corrected chi connectivity index (χ4v) is 1.65. The highest BCUT2D eigenvalue weighted by Crippen LogP contribution is 2.22. The van der Waals surface area contributed by atoms with E-state index in [-0.39, 0.29) is 17.7 Å². The molecule has 0 aliphatic rings. The summed E-state index contributed by atoms with van der Waals surface area (Å²) in [6.45, 7) is 6.21. The van der Waals surface area contributed by atoms with Gasteiger partial charge in [0.2, 0.25) is 0 Å². The van der Waals surface area contributed by atoms with E-state index in [2.05, 4.69) is 5.32 Å². The minimum Gasteiger partial charge on any atom is -0.310 e. The van der Waals surface area contributed by atoms with E-state index in [0.717, 1.165) is 13.0 Å². The molecule has 0 radical (unpaired) electrons. The molecule has 0 saturated heterocycles. The Kier molecular flexibility index (Phi) is 4.21. The van der Waals surface area contributed by atoms with Crippen molar-refractivity contribution in [2.24, 2.45) is 0 Å². The molecule has 1 nitrogen and oxygen atoms in total. The largest absolute Gasteiger partial charge is 0.310 e. The molecule has 0 aliphatic heterocycles. The van der Waals surface area contributed by atoms with Gasteiger partial charge in [0.05, 0.1) is 0 Å². The van der Waals surface area contributed by atoms with Crippen molar-refractivity contribution in [3.8, 4) is 0 Å². The molecule has 0 fully saturated rings. The van der Waals surface area contributed by atoms with Gasteiger partial charge in [0.1, 0.15) is 11.6 Å². The standard InChI is InChI=1S/C12H17F2N/c1-4-12(15-5-2)9-7-10(13)8(3)6-11(9)14/h6-7,12,15H,4-5H2,1-3H3. The quantitative estimate of drug-likeness (QED) is 0.808. The maximum Gasteiger partial charge on any atom is 0.128 e. The molecule has 3 heteroatoms. The van der Waals surface area contributed by atoms with Crippen LogP contribution >= 0.6 is 0 Å². The van der Waals surface area contributed by atoms with E-state index in [9.17, 15) is 8.78 Å². The maximum absolute atomic E-state index is 13.6. The monoisotopic (exact) mass is 213 g/mol. The predicted octanol–water partition coefficient (Wildman–Crippen LogP) is 3.33. The van der Waals surface area contributed by atoms with Gasteiger partial charge in [-0.2, -0.15) is 0 Å². The molecule has 0 spiro atoms. The summed E-state index contributed by atoms with van der Waals surface area (Å²) in [5.41, 5.74) is 0.769. The number of hydrogen-bond acceptors (Lipinski definition) is 1. The fourth-order valence-electron chi connectivity index (χ4n) is 1.65. The Labute approximate surface area is 89.5 Å². The molecule has 0 aromatic heterocycles. The molecule has 0 bridgehead atoms. The smallest absolute Gasteiger partial charge is 0.128 e. The minimum absolute atomic E-state index is 0.106. The first-order chi connectivity index (χ1) is 7.10. The average Bonchev–Trinajstić information content (AvgIpc) is 2.20. The van der Waals surface area contributed by atoms with Gasteiger partial charge in [0.15, 0.2) is 0 Å². The zero-order valence-corrected chi connectivity index (χ0v) is 9.40. The van der Waals surface area contributed by atoms with Crippen LogP contribution in [-0.4, -0.2) is 6.54 Å². The second-order valence-corrected chi connectivity index (χ2v) is 3.64. The van der Waals surface area contributed by atoms with Crippen LogP contribution in [0.2, 0.25) is 0 Å². The van der Waals surface area contributed by atoms with Crippen LogP contribution in [0.4, 0.5) is 8.78 Å². The third-order valence-corrected chi connectivity index (χ3v) is 2.51. The molecule has 1 aromatic rings. The van der Waals surface area contributed by atoms with E-state index in [0.29, 0.717) is 11.1 Å². The highest BCUT2D eigenvalue weighted by Gasteiger charge is 2.15. The van der Waals surface area contributed by atoms with E-state index in [1.165, 1.54) is 12.1 Å². The van der Waals surface area contributed by atoms with E-state index >= 15 is 0 Å². The Hall–Kier alpha value is -0.960. The van der Waals surface area contributed by atoms with Gasteiger partial charge >= 0.3 is 0 Å². The lowest BCUT2D eigenvalue weighted by atomic mass is 10.0. The lowest BCUT2D eigenvalue weighted by molar-refractivity contribution is 0.492.